The molecule has 6 heteroatoms. The Labute approximate surface area is 121 Å². The molecule has 0 aliphatic heterocycles. The number of hydrogen-bond acceptors (Lipinski definition) is 4. The van der Waals surface area contributed by atoms with Gasteiger partial charge in [0.1, 0.15) is 0 Å². The molecule has 1 atom stereocenters. The third kappa shape index (κ3) is 10.1. The summed E-state index contributed by atoms with van der Waals surface area (Å²) >= 11 is 0. The average molecular weight is 260 g/mol. The Morgan fingerprint density at radius 3 is 2.06 bits per heavy atom. The molecule has 0 saturated carbocycles. The van der Waals surface area contributed by atoms with Gasteiger partial charge >= 0.3 is 29.6 Å². The summed E-state index contributed by atoms with van der Waals surface area (Å²) in [5.74, 6) is 0. The molecule has 1 N–H and O–H groups in total. The maximum Gasteiger partial charge on any atom is 1.00 e. The van der Waals surface area contributed by atoms with E-state index in [1.807, 2.05) is 0 Å². The summed E-state index contributed by atoms with van der Waals surface area (Å²) in [7, 11) is -4.10. The molecule has 0 aliphatic carbocycles. The minimum atomic E-state index is -4.10. The first kappa shape index (κ1) is 19.2. The van der Waals surface area contributed by atoms with Gasteiger partial charge in [-0.25, -0.2) is 8.42 Å². The molecule has 16 heavy (non-hydrogen) atoms. The number of hydrogen-bond donors (Lipinski definition) is 1. The Kier molecular flexibility index (Phi) is 13.2. The van der Waals surface area contributed by atoms with Crippen molar-refractivity contribution in [3.8, 4) is 0 Å². The van der Waals surface area contributed by atoms with E-state index in [4.69, 9.17) is 5.11 Å². The summed E-state index contributed by atoms with van der Waals surface area (Å²) in [6.07, 6.45) is 5.37. The van der Waals surface area contributed by atoms with E-state index in [1.165, 1.54) is 0 Å². The van der Waals surface area contributed by atoms with Crippen molar-refractivity contribution in [2.24, 2.45) is 0 Å². The average Bonchev–Trinajstić information content (AvgIpc) is 2.15. The minimum absolute atomic E-state index is 0. The van der Waals surface area contributed by atoms with Crippen LogP contribution in [0.4, 0.5) is 0 Å². The zero-order chi connectivity index (χ0) is 11.7. The van der Waals surface area contributed by atoms with Crippen LogP contribution in [-0.2, 0) is 10.1 Å². The Hall–Kier alpha value is 0.870. The van der Waals surface area contributed by atoms with E-state index in [-0.39, 0.29) is 36.2 Å². The van der Waals surface area contributed by atoms with Gasteiger partial charge in [0.25, 0.3) is 0 Å². The van der Waals surface area contributed by atoms with E-state index >= 15 is 0 Å². The fourth-order valence-corrected chi connectivity index (χ4v) is 2.43. The van der Waals surface area contributed by atoms with Crippen LogP contribution in [0.2, 0.25) is 0 Å². The second-order valence-electron chi connectivity index (χ2n) is 3.80. The van der Waals surface area contributed by atoms with E-state index < -0.39 is 15.4 Å². The molecule has 0 fully saturated rings. The quantitative estimate of drug-likeness (QED) is 0.316. The van der Waals surface area contributed by atoms with Crippen molar-refractivity contribution in [2.45, 2.75) is 57.1 Å². The molecule has 0 radical (unpaired) electrons. The van der Waals surface area contributed by atoms with Crippen molar-refractivity contribution >= 4 is 10.1 Å². The molecule has 1 unspecified atom stereocenters. The standard InChI is InChI=1S/C10H22O4S.Na/c1-2-10(15(12,13)14)8-6-4-3-5-7-9-11;/h10-11H,2-9H2,1H3,(H,12,13,14);/q;+1/p-1. The van der Waals surface area contributed by atoms with Gasteiger partial charge in [-0.2, -0.15) is 0 Å². The third-order valence-electron chi connectivity index (χ3n) is 2.55. The largest absolute Gasteiger partial charge is 1.00 e. The molecule has 4 nitrogen and oxygen atoms in total. The SMILES string of the molecule is CCC(CCCCCCCO)S(=O)(=O)[O-].[Na+]. The Bertz CT molecular complexity index is 241. The molecule has 0 amide bonds. The van der Waals surface area contributed by atoms with Crippen LogP contribution in [0.15, 0.2) is 0 Å². The van der Waals surface area contributed by atoms with Gasteiger partial charge in [-0.15, -0.1) is 0 Å². The minimum Gasteiger partial charge on any atom is -0.748 e. The third-order valence-corrected chi connectivity index (χ3v) is 3.93. The van der Waals surface area contributed by atoms with E-state index in [1.54, 1.807) is 6.92 Å². The van der Waals surface area contributed by atoms with Gasteiger partial charge in [-0.1, -0.05) is 32.6 Å². The summed E-state index contributed by atoms with van der Waals surface area (Å²) in [5.41, 5.74) is 0. The number of rotatable bonds is 9. The van der Waals surface area contributed by atoms with E-state index in [9.17, 15) is 13.0 Å². The number of aliphatic hydroxyl groups is 1. The number of unbranched alkanes of at least 4 members (excludes halogenated alkanes) is 4. The molecular weight excluding hydrogens is 239 g/mol. The second-order valence-corrected chi connectivity index (χ2v) is 5.46. The van der Waals surface area contributed by atoms with Gasteiger partial charge < -0.3 is 9.66 Å². The van der Waals surface area contributed by atoms with Crippen molar-refractivity contribution < 1.29 is 47.6 Å². The van der Waals surface area contributed by atoms with Gasteiger partial charge in [0.15, 0.2) is 0 Å². The van der Waals surface area contributed by atoms with Crippen molar-refractivity contribution in [3.05, 3.63) is 0 Å². The van der Waals surface area contributed by atoms with Crippen molar-refractivity contribution in [3.63, 3.8) is 0 Å². The topological polar surface area (TPSA) is 77.4 Å². The first-order valence-electron chi connectivity index (χ1n) is 5.58. The molecule has 0 aliphatic rings. The molecular formula is C10H21NaO4S. The van der Waals surface area contributed by atoms with Gasteiger partial charge in [0.05, 0.1) is 10.1 Å². The second kappa shape index (κ2) is 11.0. The van der Waals surface area contributed by atoms with Crippen LogP contribution in [0.5, 0.6) is 0 Å². The van der Waals surface area contributed by atoms with Crippen LogP contribution in [0.3, 0.4) is 0 Å². The van der Waals surface area contributed by atoms with Crippen LogP contribution >= 0.6 is 0 Å². The van der Waals surface area contributed by atoms with Crippen LogP contribution in [0, 0.1) is 0 Å². The molecule has 0 heterocycles. The fraction of sp³-hybridized carbons (Fsp3) is 1.00. The Morgan fingerprint density at radius 1 is 1.12 bits per heavy atom. The summed E-state index contributed by atoms with van der Waals surface area (Å²) in [6.45, 7) is 1.94. The molecule has 0 rings (SSSR count). The zero-order valence-electron chi connectivity index (χ0n) is 10.3. The monoisotopic (exact) mass is 260 g/mol. The molecule has 0 bridgehead atoms. The van der Waals surface area contributed by atoms with Gasteiger partial charge in [-0.05, 0) is 19.3 Å². The Balaban J connectivity index is 0. The number of aliphatic hydroxyl groups excluding tert-OH is 1. The predicted molar refractivity (Wildman–Crippen MR) is 58.6 cm³/mol. The van der Waals surface area contributed by atoms with Gasteiger partial charge in [-0.3, -0.25) is 0 Å². The molecule has 0 aromatic carbocycles. The van der Waals surface area contributed by atoms with Crippen LogP contribution in [-0.4, -0.2) is 29.9 Å². The first-order valence-corrected chi connectivity index (χ1v) is 7.05. The van der Waals surface area contributed by atoms with Crippen molar-refractivity contribution in [1.82, 2.24) is 0 Å². The first-order chi connectivity index (χ1) is 7.02. The smallest absolute Gasteiger partial charge is 0.748 e. The van der Waals surface area contributed by atoms with Gasteiger partial charge in [0, 0.05) is 11.9 Å². The molecule has 0 aromatic heterocycles. The summed E-state index contributed by atoms with van der Waals surface area (Å²) in [5, 5.41) is 7.82. The van der Waals surface area contributed by atoms with Crippen LogP contribution in [0.1, 0.15) is 51.9 Å². The van der Waals surface area contributed by atoms with Crippen LogP contribution < -0.4 is 29.6 Å². The molecule has 0 saturated heterocycles. The normalized spacial score (nSPS) is 13.2. The summed E-state index contributed by atoms with van der Waals surface area (Å²) in [6, 6.07) is 0. The Morgan fingerprint density at radius 2 is 1.62 bits per heavy atom. The van der Waals surface area contributed by atoms with Crippen LogP contribution in [0.25, 0.3) is 0 Å². The summed E-state index contributed by atoms with van der Waals surface area (Å²) < 4.78 is 32.2. The zero-order valence-corrected chi connectivity index (χ0v) is 13.1. The maximum atomic E-state index is 10.7. The fourth-order valence-electron chi connectivity index (χ4n) is 1.57. The van der Waals surface area contributed by atoms with E-state index in [0.717, 1.165) is 32.1 Å². The summed E-state index contributed by atoms with van der Waals surface area (Å²) in [4.78, 5) is 0. The molecule has 92 valence electrons. The van der Waals surface area contributed by atoms with Gasteiger partial charge in [0.2, 0.25) is 0 Å². The van der Waals surface area contributed by atoms with Crippen molar-refractivity contribution in [1.29, 1.82) is 0 Å². The molecule has 0 aromatic rings. The predicted octanol–water partition coefficient (Wildman–Crippen LogP) is -1.35. The van der Waals surface area contributed by atoms with E-state index in [2.05, 4.69) is 0 Å². The van der Waals surface area contributed by atoms with E-state index in [0.29, 0.717) is 12.8 Å². The van der Waals surface area contributed by atoms with Crippen molar-refractivity contribution in [2.75, 3.05) is 6.61 Å². The maximum absolute atomic E-state index is 10.7. The molecule has 0 spiro atoms.